The summed E-state index contributed by atoms with van der Waals surface area (Å²) in [4.78, 5) is 0. The molecule has 0 bridgehead atoms. The van der Waals surface area contributed by atoms with Crippen molar-refractivity contribution in [3.63, 3.8) is 0 Å². The Morgan fingerprint density at radius 3 is 2.77 bits per heavy atom. The van der Waals surface area contributed by atoms with Crippen molar-refractivity contribution >= 4 is 23.2 Å². The summed E-state index contributed by atoms with van der Waals surface area (Å²) in [5.74, 6) is 0.599. The third kappa shape index (κ3) is 3.17. The predicted octanol–water partition coefficient (Wildman–Crippen LogP) is 3.90. The van der Waals surface area contributed by atoms with E-state index >= 15 is 0 Å². The monoisotopic (exact) mass is 220 g/mol. The summed E-state index contributed by atoms with van der Waals surface area (Å²) in [5.41, 5.74) is 0.639. The van der Waals surface area contributed by atoms with E-state index in [-0.39, 0.29) is 11.7 Å². The first-order valence-corrected chi connectivity index (χ1v) is 5.04. The van der Waals surface area contributed by atoms with E-state index in [9.17, 15) is 4.39 Å². The van der Waals surface area contributed by atoms with E-state index in [0.717, 1.165) is 0 Å². The maximum Gasteiger partial charge on any atom is 0.126 e. The highest BCUT2D eigenvalue weighted by Crippen LogP contribution is 2.18. The van der Waals surface area contributed by atoms with Gasteiger partial charge in [0.2, 0.25) is 0 Å². The summed E-state index contributed by atoms with van der Waals surface area (Å²) in [6, 6.07) is 4.59. The molecular weight excluding hydrogens is 210 g/mol. The molecule has 0 aliphatic carbocycles. The van der Waals surface area contributed by atoms with Crippen molar-refractivity contribution in [2.75, 3.05) is 5.88 Å². The quantitative estimate of drug-likeness (QED) is 0.679. The topological polar surface area (TPSA) is 0 Å². The Morgan fingerprint density at radius 2 is 2.15 bits per heavy atom. The third-order valence-corrected chi connectivity index (χ3v) is 2.60. The molecule has 0 spiro atoms. The molecule has 0 N–H and O–H groups in total. The van der Waals surface area contributed by atoms with E-state index in [2.05, 4.69) is 0 Å². The summed E-state index contributed by atoms with van der Waals surface area (Å²) >= 11 is 11.4. The summed E-state index contributed by atoms with van der Waals surface area (Å²) in [5, 5.41) is 0.568. The molecule has 3 heteroatoms. The summed E-state index contributed by atoms with van der Waals surface area (Å²) in [7, 11) is 0. The van der Waals surface area contributed by atoms with Crippen molar-refractivity contribution in [3.8, 4) is 0 Å². The van der Waals surface area contributed by atoms with Crippen LogP contribution in [0.3, 0.4) is 0 Å². The second-order valence-electron chi connectivity index (χ2n) is 3.20. The number of hydrogen-bond donors (Lipinski definition) is 0. The first-order chi connectivity index (χ1) is 6.13. The minimum atomic E-state index is -0.207. The van der Waals surface area contributed by atoms with Crippen molar-refractivity contribution in [1.29, 1.82) is 0 Å². The highest BCUT2D eigenvalue weighted by molar-refractivity contribution is 6.30. The summed E-state index contributed by atoms with van der Waals surface area (Å²) < 4.78 is 13.2. The lowest BCUT2D eigenvalue weighted by Crippen LogP contribution is -2.02. The van der Waals surface area contributed by atoms with Gasteiger partial charge in [-0.2, -0.15) is 0 Å². The average Bonchev–Trinajstić information content (AvgIpc) is 2.11. The van der Waals surface area contributed by atoms with Gasteiger partial charge < -0.3 is 0 Å². The fourth-order valence-electron chi connectivity index (χ4n) is 1.13. The van der Waals surface area contributed by atoms with Gasteiger partial charge in [-0.1, -0.05) is 18.5 Å². The smallest absolute Gasteiger partial charge is 0.126 e. The molecule has 13 heavy (non-hydrogen) atoms. The van der Waals surface area contributed by atoms with Gasteiger partial charge in [-0.05, 0) is 36.1 Å². The van der Waals surface area contributed by atoms with Crippen molar-refractivity contribution in [2.45, 2.75) is 13.3 Å². The number of rotatable bonds is 3. The van der Waals surface area contributed by atoms with Crippen LogP contribution in [0.15, 0.2) is 18.2 Å². The van der Waals surface area contributed by atoms with Crippen LogP contribution in [0, 0.1) is 11.7 Å². The van der Waals surface area contributed by atoms with Crippen molar-refractivity contribution in [3.05, 3.63) is 34.6 Å². The van der Waals surface area contributed by atoms with Crippen LogP contribution < -0.4 is 0 Å². The van der Waals surface area contributed by atoms with E-state index in [0.29, 0.717) is 22.9 Å². The van der Waals surface area contributed by atoms with Crippen LogP contribution in [0.25, 0.3) is 0 Å². The van der Waals surface area contributed by atoms with Gasteiger partial charge in [0.05, 0.1) is 0 Å². The first kappa shape index (κ1) is 10.8. The molecule has 0 saturated carbocycles. The second-order valence-corrected chi connectivity index (χ2v) is 3.94. The molecule has 0 heterocycles. The lowest BCUT2D eigenvalue weighted by molar-refractivity contribution is 0.576. The molecule has 1 unspecified atom stereocenters. The van der Waals surface area contributed by atoms with Crippen molar-refractivity contribution in [2.24, 2.45) is 5.92 Å². The molecule has 1 aromatic carbocycles. The molecule has 0 fully saturated rings. The highest BCUT2D eigenvalue weighted by atomic mass is 35.5. The molecule has 0 saturated heterocycles. The fraction of sp³-hybridized carbons (Fsp3) is 0.400. The molecule has 0 aromatic heterocycles. The van der Waals surface area contributed by atoms with Gasteiger partial charge in [-0.3, -0.25) is 0 Å². The van der Waals surface area contributed by atoms with Gasteiger partial charge in [0.15, 0.2) is 0 Å². The molecule has 0 amide bonds. The van der Waals surface area contributed by atoms with E-state index < -0.39 is 0 Å². The normalized spacial score (nSPS) is 12.9. The SMILES string of the molecule is CC(CCl)Cc1cc(Cl)ccc1F. The first-order valence-electron chi connectivity index (χ1n) is 4.13. The Hall–Kier alpha value is -0.270. The second kappa shape index (κ2) is 4.83. The molecule has 72 valence electrons. The van der Waals surface area contributed by atoms with E-state index in [1.54, 1.807) is 12.1 Å². The lowest BCUT2D eigenvalue weighted by atomic mass is 10.0. The number of alkyl halides is 1. The number of halogens is 3. The number of hydrogen-bond acceptors (Lipinski definition) is 0. The van der Waals surface area contributed by atoms with Gasteiger partial charge in [0.1, 0.15) is 5.82 Å². The Labute approximate surface area is 87.7 Å². The summed E-state index contributed by atoms with van der Waals surface area (Å²) in [6.45, 7) is 1.98. The van der Waals surface area contributed by atoms with Gasteiger partial charge in [0.25, 0.3) is 0 Å². The lowest BCUT2D eigenvalue weighted by Gasteiger charge is -2.08. The molecule has 1 rings (SSSR count). The van der Waals surface area contributed by atoms with Crippen LogP contribution in [-0.2, 0) is 6.42 Å². The van der Waals surface area contributed by atoms with Gasteiger partial charge in [0, 0.05) is 10.9 Å². The molecule has 1 aromatic rings. The predicted molar refractivity (Wildman–Crippen MR) is 55.0 cm³/mol. The average molecular weight is 221 g/mol. The largest absolute Gasteiger partial charge is 0.207 e. The Morgan fingerprint density at radius 1 is 1.46 bits per heavy atom. The zero-order valence-electron chi connectivity index (χ0n) is 7.36. The van der Waals surface area contributed by atoms with E-state index in [4.69, 9.17) is 23.2 Å². The van der Waals surface area contributed by atoms with Crippen LogP contribution >= 0.6 is 23.2 Å². The van der Waals surface area contributed by atoms with Crippen LogP contribution in [0.4, 0.5) is 4.39 Å². The molecular formula is C10H11Cl2F. The maximum absolute atomic E-state index is 13.2. The van der Waals surface area contributed by atoms with Gasteiger partial charge in [-0.15, -0.1) is 11.6 Å². The highest BCUT2D eigenvalue weighted by Gasteiger charge is 2.07. The van der Waals surface area contributed by atoms with Crippen LogP contribution in [-0.4, -0.2) is 5.88 Å². The van der Waals surface area contributed by atoms with Gasteiger partial charge in [-0.25, -0.2) is 4.39 Å². The molecule has 0 aliphatic rings. The minimum Gasteiger partial charge on any atom is -0.207 e. The van der Waals surface area contributed by atoms with E-state index in [1.807, 2.05) is 6.92 Å². The summed E-state index contributed by atoms with van der Waals surface area (Å²) in [6.07, 6.45) is 0.635. The maximum atomic E-state index is 13.2. The molecule has 0 radical (unpaired) electrons. The Kier molecular flexibility index (Phi) is 4.01. The van der Waals surface area contributed by atoms with Crippen LogP contribution in [0.5, 0.6) is 0 Å². The van der Waals surface area contributed by atoms with Crippen molar-refractivity contribution < 1.29 is 4.39 Å². The van der Waals surface area contributed by atoms with E-state index in [1.165, 1.54) is 6.07 Å². The Balaban J connectivity index is 2.81. The number of benzene rings is 1. The molecule has 0 aliphatic heterocycles. The fourth-order valence-corrected chi connectivity index (χ4v) is 1.43. The van der Waals surface area contributed by atoms with Crippen LogP contribution in [0.1, 0.15) is 12.5 Å². The van der Waals surface area contributed by atoms with Gasteiger partial charge >= 0.3 is 0 Å². The van der Waals surface area contributed by atoms with Crippen molar-refractivity contribution in [1.82, 2.24) is 0 Å². The molecule has 1 atom stereocenters. The van der Waals surface area contributed by atoms with Crippen LogP contribution in [0.2, 0.25) is 5.02 Å². The zero-order chi connectivity index (χ0) is 9.84. The third-order valence-electron chi connectivity index (χ3n) is 1.84. The Bertz CT molecular complexity index is 286. The zero-order valence-corrected chi connectivity index (χ0v) is 8.87. The standard InChI is InChI=1S/C10H11Cl2F/c1-7(6-11)4-8-5-9(12)2-3-10(8)13/h2-3,5,7H,4,6H2,1H3. The molecule has 0 nitrogen and oxygen atoms in total. The minimum absolute atomic E-state index is 0.207.